The maximum absolute atomic E-state index is 11.3. The largest absolute Gasteiger partial charge is 0.465 e. The van der Waals surface area contributed by atoms with Gasteiger partial charge in [-0.05, 0) is 58.5 Å². The smallest absolute Gasteiger partial charge is 0.407 e. The van der Waals surface area contributed by atoms with Crippen LogP contribution < -0.4 is 0 Å². The highest BCUT2D eigenvalue weighted by Gasteiger charge is 2.38. The van der Waals surface area contributed by atoms with Crippen LogP contribution in [0.4, 0.5) is 4.79 Å². The molecule has 0 radical (unpaired) electrons. The molecule has 2 fully saturated rings. The number of rotatable bonds is 3. The van der Waals surface area contributed by atoms with Gasteiger partial charge in [-0.15, -0.1) is 0 Å². The van der Waals surface area contributed by atoms with E-state index in [9.17, 15) is 9.90 Å². The zero-order chi connectivity index (χ0) is 14.8. The molecule has 2 rings (SSSR count). The molecule has 5 nitrogen and oxygen atoms in total. The Hall–Kier alpha value is -0.810. The molecule has 0 bridgehead atoms. The van der Waals surface area contributed by atoms with Crippen molar-refractivity contribution < 1.29 is 14.6 Å². The third kappa shape index (κ3) is 3.64. The molecular weight excluding hydrogens is 256 g/mol. The van der Waals surface area contributed by atoms with Crippen molar-refractivity contribution in [1.29, 1.82) is 0 Å². The first kappa shape index (κ1) is 15.6. The molecule has 2 aliphatic heterocycles. The summed E-state index contributed by atoms with van der Waals surface area (Å²) in [5, 5.41) is 9.30. The topological polar surface area (TPSA) is 53.0 Å². The third-order valence-corrected chi connectivity index (χ3v) is 4.78. The molecule has 0 saturated carbocycles. The second-order valence-electron chi connectivity index (χ2n) is 7.25. The molecule has 0 atom stereocenters. The molecule has 0 aliphatic carbocycles. The van der Waals surface area contributed by atoms with E-state index in [-0.39, 0.29) is 5.54 Å². The molecule has 20 heavy (non-hydrogen) atoms. The Morgan fingerprint density at radius 3 is 2.40 bits per heavy atom. The van der Waals surface area contributed by atoms with E-state index in [2.05, 4.69) is 4.90 Å². The molecular formula is C15H28N2O3. The third-order valence-electron chi connectivity index (χ3n) is 4.78. The number of hydrogen-bond donors (Lipinski definition) is 1. The number of ether oxygens (including phenoxy) is 1. The average Bonchev–Trinajstić information content (AvgIpc) is 2.78. The lowest BCUT2D eigenvalue weighted by molar-refractivity contribution is 0.0610. The summed E-state index contributed by atoms with van der Waals surface area (Å²) in [7, 11) is 0. The second kappa shape index (κ2) is 5.90. The van der Waals surface area contributed by atoms with Gasteiger partial charge in [0.1, 0.15) is 0 Å². The van der Waals surface area contributed by atoms with Crippen molar-refractivity contribution in [3.8, 4) is 0 Å². The lowest BCUT2D eigenvalue weighted by atomic mass is 9.78. The van der Waals surface area contributed by atoms with Crippen molar-refractivity contribution in [2.45, 2.75) is 45.6 Å². The Kier molecular flexibility index (Phi) is 4.59. The molecule has 2 heterocycles. The first-order valence-corrected chi connectivity index (χ1v) is 7.63. The Bertz CT molecular complexity index is 336. The predicted octanol–water partition coefficient (Wildman–Crippen LogP) is 2.27. The van der Waals surface area contributed by atoms with E-state index < -0.39 is 6.09 Å². The summed E-state index contributed by atoms with van der Waals surface area (Å²) < 4.78 is 5.54. The Morgan fingerprint density at radius 2 is 1.95 bits per heavy atom. The highest BCUT2D eigenvalue weighted by Crippen LogP contribution is 2.38. The van der Waals surface area contributed by atoms with Gasteiger partial charge in [0.05, 0.1) is 6.61 Å². The molecule has 2 aliphatic rings. The average molecular weight is 284 g/mol. The minimum Gasteiger partial charge on any atom is -0.465 e. The van der Waals surface area contributed by atoms with E-state index in [1.165, 1.54) is 24.2 Å². The van der Waals surface area contributed by atoms with Gasteiger partial charge in [0, 0.05) is 25.2 Å². The quantitative estimate of drug-likeness (QED) is 0.864. The van der Waals surface area contributed by atoms with Crippen molar-refractivity contribution in [3.63, 3.8) is 0 Å². The molecule has 0 unspecified atom stereocenters. The van der Waals surface area contributed by atoms with Crippen LogP contribution in [0.15, 0.2) is 0 Å². The van der Waals surface area contributed by atoms with Crippen molar-refractivity contribution in [3.05, 3.63) is 0 Å². The van der Waals surface area contributed by atoms with E-state index in [1.807, 2.05) is 20.8 Å². The Balaban J connectivity index is 1.79. The maximum Gasteiger partial charge on any atom is 0.407 e. The fourth-order valence-corrected chi connectivity index (χ4v) is 3.25. The molecule has 0 aromatic carbocycles. The van der Waals surface area contributed by atoms with Crippen LogP contribution in [0.5, 0.6) is 0 Å². The second-order valence-corrected chi connectivity index (χ2v) is 7.25. The first-order valence-electron chi connectivity index (χ1n) is 7.63. The van der Waals surface area contributed by atoms with Crippen molar-refractivity contribution in [2.75, 3.05) is 39.4 Å². The maximum atomic E-state index is 11.3. The fourth-order valence-electron chi connectivity index (χ4n) is 3.25. The van der Waals surface area contributed by atoms with Gasteiger partial charge in [-0.25, -0.2) is 4.79 Å². The van der Waals surface area contributed by atoms with E-state index >= 15 is 0 Å². The predicted molar refractivity (Wildman–Crippen MR) is 78.0 cm³/mol. The van der Waals surface area contributed by atoms with Crippen LogP contribution in [-0.4, -0.2) is 65.9 Å². The van der Waals surface area contributed by atoms with Gasteiger partial charge >= 0.3 is 6.09 Å². The molecule has 0 aromatic rings. The zero-order valence-corrected chi connectivity index (χ0v) is 13.0. The lowest BCUT2D eigenvalue weighted by Crippen LogP contribution is -2.50. The standard InChI is InChI=1S/C15H28N2O3/c1-14(2,3)17(13(18)19)10-9-16-7-4-15(5-8-16)6-11-20-12-15/h4-12H2,1-3H3,(H,18,19). The number of carboxylic acid groups (broad SMARTS) is 1. The Labute approximate surface area is 121 Å². The van der Waals surface area contributed by atoms with Crippen molar-refractivity contribution >= 4 is 6.09 Å². The minimum atomic E-state index is -0.824. The van der Waals surface area contributed by atoms with Gasteiger partial charge in [0.25, 0.3) is 0 Å². The van der Waals surface area contributed by atoms with Crippen LogP contribution in [0.3, 0.4) is 0 Å². The van der Waals surface area contributed by atoms with Crippen LogP contribution in [0, 0.1) is 5.41 Å². The summed E-state index contributed by atoms with van der Waals surface area (Å²) in [6.45, 7) is 11.2. The lowest BCUT2D eigenvalue weighted by Gasteiger charge is -2.40. The SMILES string of the molecule is CC(C)(C)N(CCN1CCC2(CCOC2)CC1)C(=O)O. The number of amides is 1. The highest BCUT2D eigenvalue weighted by atomic mass is 16.5. The van der Waals surface area contributed by atoms with Crippen LogP contribution in [0.1, 0.15) is 40.0 Å². The minimum absolute atomic E-state index is 0.331. The highest BCUT2D eigenvalue weighted by molar-refractivity contribution is 5.65. The summed E-state index contributed by atoms with van der Waals surface area (Å²) in [6, 6.07) is 0. The fraction of sp³-hybridized carbons (Fsp3) is 0.933. The van der Waals surface area contributed by atoms with E-state index in [1.54, 1.807) is 0 Å². The molecule has 1 N–H and O–H groups in total. The number of nitrogens with zero attached hydrogens (tertiary/aromatic N) is 2. The number of likely N-dealkylation sites (tertiary alicyclic amines) is 1. The van der Waals surface area contributed by atoms with Crippen LogP contribution >= 0.6 is 0 Å². The summed E-state index contributed by atoms with van der Waals surface area (Å²) in [5.74, 6) is 0. The van der Waals surface area contributed by atoms with E-state index in [0.29, 0.717) is 12.0 Å². The molecule has 0 aromatic heterocycles. The summed E-state index contributed by atoms with van der Waals surface area (Å²) in [4.78, 5) is 15.2. The van der Waals surface area contributed by atoms with Gasteiger partial charge in [-0.1, -0.05) is 0 Å². The first-order chi connectivity index (χ1) is 9.32. The van der Waals surface area contributed by atoms with Gasteiger partial charge < -0.3 is 19.6 Å². The summed E-state index contributed by atoms with van der Waals surface area (Å²) >= 11 is 0. The van der Waals surface area contributed by atoms with Crippen LogP contribution in [0.2, 0.25) is 0 Å². The Morgan fingerprint density at radius 1 is 1.30 bits per heavy atom. The van der Waals surface area contributed by atoms with Crippen LogP contribution in [0.25, 0.3) is 0 Å². The van der Waals surface area contributed by atoms with Crippen molar-refractivity contribution in [1.82, 2.24) is 9.80 Å². The number of piperidine rings is 1. The number of carbonyl (C=O) groups is 1. The van der Waals surface area contributed by atoms with Crippen molar-refractivity contribution in [2.24, 2.45) is 5.41 Å². The number of hydrogen-bond acceptors (Lipinski definition) is 3. The molecule has 1 amide bonds. The summed E-state index contributed by atoms with van der Waals surface area (Å²) in [5.41, 5.74) is 0.0924. The van der Waals surface area contributed by atoms with E-state index in [4.69, 9.17) is 4.74 Å². The molecule has 116 valence electrons. The summed E-state index contributed by atoms with van der Waals surface area (Å²) in [6.07, 6.45) is 2.75. The zero-order valence-electron chi connectivity index (χ0n) is 13.0. The normalized spacial score (nSPS) is 23.1. The molecule has 1 spiro atoms. The molecule has 5 heteroatoms. The van der Waals surface area contributed by atoms with Crippen LogP contribution in [-0.2, 0) is 4.74 Å². The molecule has 2 saturated heterocycles. The van der Waals surface area contributed by atoms with Gasteiger partial charge in [-0.3, -0.25) is 0 Å². The monoisotopic (exact) mass is 284 g/mol. The van der Waals surface area contributed by atoms with Gasteiger partial charge in [0.2, 0.25) is 0 Å². The van der Waals surface area contributed by atoms with E-state index in [0.717, 1.165) is 32.8 Å². The van der Waals surface area contributed by atoms with Gasteiger partial charge in [-0.2, -0.15) is 0 Å². The van der Waals surface area contributed by atoms with Gasteiger partial charge in [0.15, 0.2) is 0 Å².